The van der Waals surface area contributed by atoms with Gasteiger partial charge in [-0.15, -0.1) is 0 Å². The van der Waals surface area contributed by atoms with E-state index in [1.54, 1.807) is 24.0 Å². The van der Waals surface area contributed by atoms with Gasteiger partial charge in [0.15, 0.2) is 5.82 Å². The van der Waals surface area contributed by atoms with Crippen molar-refractivity contribution in [2.75, 3.05) is 18.0 Å². The molecule has 1 atom stereocenters. The Morgan fingerprint density at radius 2 is 2.22 bits per heavy atom. The summed E-state index contributed by atoms with van der Waals surface area (Å²) in [6.07, 6.45) is 6.52. The second kappa shape index (κ2) is 7.00. The van der Waals surface area contributed by atoms with Gasteiger partial charge in [0, 0.05) is 51.5 Å². The van der Waals surface area contributed by atoms with Gasteiger partial charge in [-0.25, -0.2) is 4.98 Å². The third-order valence-corrected chi connectivity index (χ3v) is 5.44. The smallest absolute Gasteiger partial charge is 0.293 e. The maximum Gasteiger partial charge on any atom is 0.293 e. The average Bonchev–Trinajstić information content (AvgIpc) is 2.95. The number of hydrogen-bond acceptors (Lipinski definition) is 5. The van der Waals surface area contributed by atoms with Gasteiger partial charge in [0.1, 0.15) is 11.4 Å². The molecule has 2 aliphatic heterocycles. The highest BCUT2D eigenvalue weighted by atomic mass is 16.5. The first-order valence-corrected chi connectivity index (χ1v) is 9.72. The molecule has 27 heavy (non-hydrogen) atoms. The second-order valence-corrected chi connectivity index (χ2v) is 8.31. The molecule has 6 heteroatoms. The standard InChI is InChI=1S/C21H28N4O2/c1-21(2)12-16-11-15(6-7-18(16)27-21)13-23-17-5-4-9-25(14-17)19-20(26)24(3)10-8-22-19/h6-8,10-11,17,23H,4-5,9,12-14H2,1-3H3. The summed E-state index contributed by atoms with van der Waals surface area (Å²) >= 11 is 0. The zero-order valence-corrected chi connectivity index (χ0v) is 16.4. The number of ether oxygens (including phenoxy) is 1. The van der Waals surface area contributed by atoms with E-state index in [2.05, 4.69) is 47.2 Å². The van der Waals surface area contributed by atoms with Gasteiger partial charge in [0.05, 0.1) is 0 Å². The number of piperidine rings is 1. The summed E-state index contributed by atoms with van der Waals surface area (Å²) in [4.78, 5) is 18.8. The summed E-state index contributed by atoms with van der Waals surface area (Å²) in [7, 11) is 1.77. The van der Waals surface area contributed by atoms with E-state index in [1.807, 2.05) is 0 Å². The number of nitrogens with one attached hydrogen (secondary N) is 1. The Balaban J connectivity index is 1.39. The average molecular weight is 368 g/mol. The highest BCUT2D eigenvalue weighted by Gasteiger charge is 2.30. The molecule has 4 rings (SSSR count). The number of benzene rings is 1. The first-order chi connectivity index (χ1) is 12.9. The van der Waals surface area contributed by atoms with Gasteiger partial charge in [-0.3, -0.25) is 4.79 Å². The fourth-order valence-electron chi connectivity index (χ4n) is 4.07. The first-order valence-electron chi connectivity index (χ1n) is 9.72. The molecule has 1 aromatic carbocycles. The zero-order valence-electron chi connectivity index (χ0n) is 16.4. The van der Waals surface area contributed by atoms with Crippen molar-refractivity contribution in [1.29, 1.82) is 0 Å². The van der Waals surface area contributed by atoms with Crippen LogP contribution in [0.1, 0.15) is 37.8 Å². The molecule has 1 unspecified atom stereocenters. The SMILES string of the molecule is Cn1ccnc(N2CCCC(NCc3ccc4c(c3)CC(C)(C)O4)C2)c1=O. The van der Waals surface area contributed by atoms with Crippen LogP contribution in [-0.2, 0) is 20.0 Å². The second-order valence-electron chi connectivity index (χ2n) is 8.31. The van der Waals surface area contributed by atoms with E-state index in [9.17, 15) is 4.79 Å². The minimum Gasteiger partial charge on any atom is -0.487 e. The molecule has 2 aromatic rings. The molecule has 0 bridgehead atoms. The molecule has 0 aliphatic carbocycles. The number of fused-ring (bicyclic) bond motifs is 1. The Morgan fingerprint density at radius 3 is 3.07 bits per heavy atom. The van der Waals surface area contributed by atoms with Crippen molar-refractivity contribution in [2.45, 2.75) is 51.3 Å². The summed E-state index contributed by atoms with van der Waals surface area (Å²) in [5.41, 5.74) is 2.44. The van der Waals surface area contributed by atoms with Crippen molar-refractivity contribution in [1.82, 2.24) is 14.9 Å². The Morgan fingerprint density at radius 1 is 1.37 bits per heavy atom. The lowest BCUT2D eigenvalue weighted by Crippen LogP contribution is -2.47. The Kier molecular flexibility index (Phi) is 4.68. The van der Waals surface area contributed by atoms with Crippen molar-refractivity contribution in [2.24, 2.45) is 7.05 Å². The molecule has 1 aromatic heterocycles. The number of aromatic nitrogens is 2. The number of aryl methyl sites for hydroxylation is 1. The van der Waals surface area contributed by atoms with E-state index in [1.165, 1.54) is 11.1 Å². The topological polar surface area (TPSA) is 59.4 Å². The summed E-state index contributed by atoms with van der Waals surface area (Å²) in [6, 6.07) is 6.84. The van der Waals surface area contributed by atoms with Crippen molar-refractivity contribution in [3.8, 4) is 5.75 Å². The van der Waals surface area contributed by atoms with Gasteiger partial charge in [-0.05, 0) is 43.9 Å². The minimum atomic E-state index is -0.104. The predicted molar refractivity (Wildman–Crippen MR) is 106 cm³/mol. The van der Waals surface area contributed by atoms with Crippen LogP contribution in [0.25, 0.3) is 0 Å². The lowest BCUT2D eigenvalue weighted by Gasteiger charge is -2.33. The van der Waals surface area contributed by atoms with Crippen LogP contribution in [0.3, 0.4) is 0 Å². The largest absolute Gasteiger partial charge is 0.487 e. The highest BCUT2D eigenvalue weighted by molar-refractivity contribution is 5.42. The van der Waals surface area contributed by atoms with E-state index in [4.69, 9.17) is 4.74 Å². The maximum absolute atomic E-state index is 12.3. The molecule has 1 N–H and O–H groups in total. The van der Waals surface area contributed by atoms with Crippen LogP contribution in [0.5, 0.6) is 5.75 Å². The number of nitrogens with zero attached hydrogens (tertiary/aromatic N) is 3. The summed E-state index contributed by atoms with van der Waals surface area (Å²) in [6.45, 7) is 6.78. The molecule has 144 valence electrons. The molecule has 3 heterocycles. The van der Waals surface area contributed by atoms with E-state index in [-0.39, 0.29) is 11.2 Å². The van der Waals surface area contributed by atoms with Gasteiger partial charge in [-0.2, -0.15) is 0 Å². The molecule has 6 nitrogen and oxygen atoms in total. The van der Waals surface area contributed by atoms with Crippen molar-refractivity contribution < 1.29 is 4.74 Å². The quantitative estimate of drug-likeness (QED) is 0.897. The van der Waals surface area contributed by atoms with Crippen LogP contribution in [0.15, 0.2) is 35.4 Å². The number of hydrogen-bond donors (Lipinski definition) is 1. The minimum absolute atomic E-state index is 0.0283. The fourth-order valence-corrected chi connectivity index (χ4v) is 4.07. The van der Waals surface area contributed by atoms with Crippen LogP contribution < -0.4 is 20.5 Å². The monoisotopic (exact) mass is 368 g/mol. The molecular formula is C21H28N4O2. The van der Waals surface area contributed by atoms with Crippen LogP contribution in [0.2, 0.25) is 0 Å². The lowest BCUT2D eigenvalue weighted by atomic mass is 10.00. The van der Waals surface area contributed by atoms with E-state index in [0.29, 0.717) is 11.9 Å². The molecule has 2 aliphatic rings. The lowest BCUT2D eigenvalue weighted by molar-refractivity contribution is 0.138. The van der Waals surface area contributed by atoms with Crippen molar-refractivity contribution in [3.63, 3.8) is 0 Å². The molecule has 0 amide bonds. The Hall–Kier alpha value is -2.34. The van der Waals surface area contributed by atoms with E-state index in [0.717, 1.165) is 44.6 Å². The van der Waals surface area contributed by atoms with Gasteiger partial charge in [-0.1, -0.05) is 12.1 Å². The Labute approximate surface area is 160 Å². The third kappa shape index (κ3) is 3.86. The Bertz CT molecular complexity index is 890. The summed E-state index contributed by atoms with van der Waals surface area (Å²) in [5.74, 6) is 1.57. The molecular weight excluding hydrogens is 340 g/mol. The van der Waals surface area contributed by atoms with E-state index >= 15 is 0 Å². The molecule has 0 radical (unpaired) electrons. The number of anilines is 1. The fraction of sp³-hybridized carbons (Fsp3) is 0.524. The molecule has 1 fully saturated rings. The van der Waals surface area contributed by atoms with Crippen LogP contribution in [0.4, 0.5) is 5.82 Å². The van der Waals surface area contributed by atoms with Crippen molar-refractivity contribution in [3.05, 3.63) is 52.1 Å². The van der Waals surface area contributed by atoms with E-state index < -0.39 is 0 Å². The third-order valence-electron chi connectivity index (χ3n) is 5.44. The van der Waals surface area contributed by atoms with Gasteiger partial charge in [0.2, 0.25) is 0 Å². The normalized spacial score (nSPS) is 21.0. The van der Waals surface area contributed by atoms with Gasteiger partial charge < -0.3 is 19.5 Å². The highest BCUT2D eigenvalue weighted by Crippen LogP contribution is 2.35. The first kappa shape index (κ1) is 18.0. The van der Waals surface area contributed by atoms with Gasteiger partial charge in [0.25, 0.3) is 5.56 Å². The number of rotatable bonds is 4. The molecule has 1 saturated heterocycles. The van der Waals surface area contributed by atoms with Crippen LogP contribution in [0, 0.1) is 0 Å². The maximum atomic E-state index is 12.3. The molecule has 0 saturated carbocycles. The van der Waals surface area contributed by atoms with Crippen LogP contribution in [-0.4, -0.2) is 34.3 Å². The van der Waals surface area contributed by atoms with Gasteiger partial charge >= 0.3 is 0 Å². The summed E-state index contributed by atoms with van der Waals surface area (Å²) in [5, 5.41) is 3.66. The van der Waals surface area contributed by atoms with Crippen molar-refractivity contribution >= 4 is 5.82 Å². The van der Waals surface area contributed by atoms with Crippen LogP contribution >= 0.6 is 0 Å². The predicted octanol–water partition coefficient (Wildman–Crippen LogP) is 2.25. The zero-order chi connectivity index (χ0) is 19.0. The summed E-state index contributed by atoms with van der Waals surface area (Å²) < 4.78 is 7.55. The molecule has 0 spiro atoms.